The van der Waals surface area contributed by atoms with Gasteiger partial charge in [-0.05, 0) is 23.6 Å². The van der Waals surface area contributed by atoms with Gasteiger partial charge in [0.25, 0.3) is 0 Å². The zero-order valence-electron chi connectivity index (χ0n) is 15.3. The number of carbonyl (C=O) groups excluding carboxylic acids is 1. The number of benzene rings is 3. The van der Waals surface area contributed by atoms with E-state index in [0.29, 0.717) is 6.67 Å². The Hall–Kier alpha value is -3.33. The van der Waals surface area contributed by atoms with Crippen LogP contribution >= 0.6 is 0 Å². The summed E-state index contributed by atoms with van der Waals surface area (Å²) in [7, 11) is 0. The Morgan fingerprint density at radius 1 is 0.741 bits per heavy atom. The van der Waals surface area contributed by atoms with Crippen molar-refractivity contribution in [3.63, 3.8) is 0 Å². The summed E-state index contributed by atoms with van der Waals surface area (Å²) < 4.78 is 0. The highest BCUT2D eigenvalue weighted by Crippen LogP contribution is 2.45. The SMILES string of the molecule is CC1=CN(C=O)CN1C(c1ccccc1)(c1ccccc1)c1ccccc1. The van der Waals surface area contributed by atoms with Gasteiger partial charge in [0.2, 0.25) is 6.41 Å². The second-order valence-corrected chi connectivity index (χ2v) is 6.77. The van der Waals surface area contributed by atoms with E-state index in [1.807, 2.05) is 24.4 Å². The predicted octanol–water partition coefficient (Wildman–Crippen LogP) is 4.57. The number of hydrogen-bond donors (Lipinski definition) is 0. The van der Waals surface area contributed by atoms with Gasteiger partial charge in [0.1, 0.15) is 5.54 Å². The van der Waals surface area contributed by atoms with Crippen molar-refractivity contribution in [2.75, 3.05) is 6.67 Å². The van der Waals surface area contributed by atoms with Crippen LogP contribution in [0.4, 0.5) is 0 Å². The average molecular weight is 354 g/mol. The molecule has 3 aromatic rings. The van der Waals surface area contributed by atoms with Crippen molar-refractivity contribution in [2.24, 2.45) is 0 Å². The fraction of sp³-hybridized carbons (Fsp3) is 0.125. The van der Waals surface area contributed by atoms with Crippen molar-refractivity contribution < 1.29 is 4.79 Å². The van der Waals surface area contributed by atoms with Crippen LogP contribution in [0.15, 0.2) is 103 Å². The first-order chi connectivity index (χ1) is 13.3. The Labute approximate surface area is 160 Å². The van der Waals surface area contributed by atoms with Crippen LogP contribution in [-0.2, 0) is 10.3 Å². The molecule has 1 aliphatic heterocycles. The molecule has 0 unspecified atom stereocenters. The molecule has 1 aliphatic rings. The minimum atomic E-state index is -0.526. The summed E-state index contributed by atoms with van der Waals surface area (Å²) in [5, 5.41) is 0. The van der Waals surface area contributed by atoms with Crippen LogP contribution in [-0.4, -0.2) is 22.9 Å². The lowest BCUT2D eigenvalue weighted by Crippen LogP contribution is -2.47. The van der Waals surface area contributed by atoms with Crippen molar-refractivity contribution in [1.82, 2.24) is 9.80 Å². The monoisotopic (exact) mass is 354 g/mol. The second-order valence-electron chi connectivity index (χ2n) is 6.77. The zero-order chi connectivity index (χ0) is 18.7. The highest BCUT2D eigenvalue weighted by atomic mass is 16.1. The normalized spacial score (nSPS) is 14.2. The number of amides is 1. The quantitative estimate of drug-likeness (QED) is 0.495. The lowest BCUT2D eigenvalue weighted by molar-refractivity contribution is -0.116. The third-order valence-corrected chi connectivity index (χ3v) is 5.20. The summed E-state index contributed by atoms with van der Waals surface area (Å²) >= 11 is 0. The van der Waals surface area contributed by atoms with Gasteiger partial charge in [0.15, 0.2) is 0 Å². The molecule has 0 saturated heterocycles. The molecule has 0 bridgehead atoms. The minimum absolute atomic E-state index is 0.508. The molecule has 3 heteroatoms. The smallest absolute Gasteiger partial charge is 0.215 e. The first-order valence-electron chi connectivity index (χ1n) is 9.10. The number of rotatable bonds is 5. The van der Waals surface area contributed by atoms with Gasteiger partial charge in [-0.25, -0.2) is 0 Å². The van der Waals surface area contributed by atoms with Gasteiger partial charge in [-0.3, -0.25) is 4.79 Å². The predicted molar refractivity (Wildman–Crippen MR) is 108 cm³/mol. The molecule has 1 amide bonds. The summed E-state index contributed by atoms with van der Waals surface area (Å²) in [5.74, 6) is 0. The molecule has 3 nitrogen and oxygen atoms in total. The minimum Gasteiger partial charge on any atom is -0.338 e. The maximum absolute atomic E-state index is 11.5. The molecule has 0 N–H and O–H groups in total. The standard InChI is InChI=1S/C24H22N2O/c1-20-17-25(19-27)18-26(20)24(21-11-5-2-6-12-21,22-13-7-3-8-14-22)23-15-9-4-10-16-23/h2-17,19H,18H2,1H3. The molecule has 0 atom stereocenters. The lowest BCUT2D eigenvalue weighted by Gasteiger charge is -2.45. The summed E-state index contributed by atoms with van der Waals surface area (Å²) in [6.07, 6.45) is 2.80. The molecule has 1 heterocycles. The van der Waals surface area contributed by atoms with Gasteiger partial charge in [-0.2, -0.15) is 0 Å². The van der Waals surface area contributed by atoms with Crippen LogP contribution in [0.5, 0.6) is 0 Å². The van der Waals surface area contributed by atoms with Crippen LogP contribution in [0.1, 0.15) is 23.6 Å². The van der Waals surface area contributed by atoms with Crippen molar-refractivity contribution >= 4 is 6.41 Å². The summed E-state index contributed by atoms with van der Waals surface area (Å²) in [5.41, 5.74) is 4.04. The van der Waals surface area contributed by atoms with E-state index in [0.717, 1.165) is 12.1 Å². The van der Waals surface area contributed by atoms with Crippen molar-refractivity contribution in [3.05, 3.63) is 120 Å². The highest BCUT2D eigenvalue weighted by molar-refractivity contribution is 5.54. The fourth-order valence-electron chi connectivity index (χ4n) is 4.07. The third kappa shape index (κ3) is 2.81. The highest BCUT2D eigenvalue weighted by Gasteiger charge is 2.44. The van der Waals surface area contributed by atoms with E-state index in [4.69, 9.17) is 0 Å². The zero-order valence-corrected chi connectivity index (χ0v) is 15.3. The van der Waals surface area contributed by atoms with E-state index in [2.05, 4.69) is 84.6 Å². The van der Waals surface area contributed by atoms with Crippen LogP contribution in [0.25, 0.3) is 0 Å². The van der Waals surface area contributed by atoms with E-state index in [-0.39, 0.29) is 0 Å². The Kier molecular flexibility index (Phi) is 4.51. The topological polar surface area (TPSA) is 23.6 Å². The van der Waals surface area contributed by atoms with Gasteiger partial charge in [0.05, 0.1) is 6.67 Å². The number of carbonyl (C=O) groups is 1. The molecule has 0 radical (unpaired) electrons. The van der Waals surface area contributed by atoms with E-state index < -0.39 is 5.54 Å². The molecule has 0 spiro atoms. The summed E-state index contributed by atoms with van der Waals surface area (Å²) in [6.45, 7) is 2.57. The largest absolute Gasteiger partial charge is 0.338 e. The Morgan fingerprint density at radius 3 is 1.48 bits per heavy atom. The van der Waals surface area contributed by atoms with Crippen LogP contribution in [0.2, 0.25) is 0 Å². The number of hydrogen-bond acceptors (Lipinski definition) is 2. The maximum Gasteiger partial charge on any atom is 0.215 e. The second kappa shape index (κ2) is 7.12. The van der Waals surface area contributed by atoms with Crippen molar-refractivity contribution in [3.8, 4) is 0 Å². The van der Waals surface area contributed by atoms with Crippen LogP contribution in [0, 0.1) is 0 Å². The van der Waals surface area contributed by atoms with Crippen LogP contribution in [0.3, 0.4) is 0 Å². The van der Waals surface area contributed by atoms with Gasteiger partial charge < -0.3 is 9.80 Å². The van der Waals surface area contributed by atoms with Gasteiger partial charge in [0, 0.05) is 11.9 Å². The summed E-state index contributed by atoms with van der Waals surface area (Å²) in [4.78, 5) is 15.5. The molecular weight excluding hydrogens is 332 g/mol. The molecular formula is C24H22N2O. The van der Waals surface area contributed by atoms with Crippen molar-refractivity contribution in [1.29, 1.82) is 0 Å². The number of allylic oxidation sites excluding steroid dienone is 1. The van der Waals surface area contributed by atoms with Crippen LogP contribution < -0.4 is 0 Å². The Balaban J connectivity index is 2.05. The Bertz CT molecular complexity index is 839. The van der Waals surface area contributed by atoms with E-state index >= 15 is 0 Å². The molecule has 0 fully saturated rings. The first-order valence-corrected chi connectivity index (χ1v) is 9.10. The number of nitrogens with zero attached hydrogens (tertiary/aromatic N) is 2. The molecule has 0 aromatic heterocycles. The first kappa shape index (κ1) is 17.1. The van der Waals surface area contributed by atoms with Gasteiger partial charge >= 0.3 is 0 Å². The van der Waals surface area contributed by atoms with Gasteiger partial charge in [-0.1, -0.05) is 91.0 Å². The average Bonchev–Trinajstić information content (AvgIpc) is 3.12. The lowest BCUT2D eigenvalue weighted by atomic mass is 9.75. The third-order valence-electron chi connectivity index (χ3n) is 5.20. The van der Waals surface area contributed by atoms with E-state index in [1.54, 1.807) is 4.90 Å². The molecule has 27 heavy (non-hydrogen) atoms. The molecule has 4 rings (SSSR count). The van der Waals surface area contributed by atoms with Crippen molar-refractivity contribution in [2.45, 2.75) is 12.5 Å². The maximum atomic E-state index is 11.5. The molecule has 0 aliphatic carbocycles. The van der Waals surface area contributed by atoms with Gasteiger partial charge in [-0.15, -0.1) is 0 Å². The Morgan fingerprint density at radius 2 is 1.15 bits per heavy atom. The molecule has 3 aromatic carbocycles. The summed E-state index contributed by atoms with van der Waals surface area (Å²) in [6, 6.07) is 31.5. The van der Waals surface area contributed by atoms with E-state index in [1.165, 1.54) is 16.7 Å². The molecule has 0 saturated carbocycles. The molecule has 134 valence electrons. The fourth-order valence-corrected chi connectivity index (χ4v) is 4.07. The van der Waals surface area contributed by atoms with E-state index in [9.17, 15) is 4.79 Å².